The van der Waals surface area contributed by atoms with Crippen LogP contribution in [-0.2, 0) is 26.3 Å². The van der Waals surface area contributed by atoms with E-state index in [1.54, 1.807) is 0 Å². The highest BCUT2D eigenvalue weighted by atomic mass is 16.5. The van der Waals surface area contributed by atoms with Gasteiger partial charge in [0.1, 0.15) is 0 Å². The number of fused-ring (bicyclic) bond motifs is 1. The smallest absolute Gasteiger partial charge is 0.316 e. The van der Waals surface area contributed by atoms with Crippen LogP contribution in [0.15, 0.2) is 66.9 Å². The molecule has 0 N–H and O–H groups in total. The molecule has 1 amide bonds. The maximum atomic E-state index is 12.8. The number of nitrogens with zero attached hydrogens (tertiary/aromatic N) is 2. The summed E-state index contributed by atoms with van der Waals surface area (Å²) in [5.41, 5.74) is 1.45. The van der Waals surface area contributed by atoms with Crippen molar-refractivity contribution >= 4 is 22.8 Å². The number of likely N-dealkylation sites (tertiary alicyclic amines) is 1. The van der Waals surface area contributed by atoms with Crippen molar-refractivity contribution in [3.63, 3.8) is 0 Å². The summed E-state index contributed by atoms with van der Waals surface area (Å²) in [5, 5.41) is 1.18. The highest BCUT2D eigenvalue weighted by Crippen LogP contribution is 2.37. The molecule has 0 spiro atoms. The summed E-state index contributed by atoms with van der Waals surface area (Å²) in [5.74, 6) is -0.0797. The first-order valence-corrected chi connectivity index (χ1v) is 10.1. The van der Waals surface area contributed by atoms with Gasteiger partial charge in [0.25, 0.3) is 0 Å². The number of ether oxygens (including phenoxy) is 1. The summed E-state index contributed by atoms with van der Waals surface area (Å²) >= 11 is 0. The number of aryl methyl sites for hydroxylation is 1. The third kappa shape index (κ3) is 3.65. The fourth-order valence-corrected chi connectivity index (χ4v) is 4.41. The van der Waals surface area contributed by atoms with Gasteiger partial charge in [0.15, 0.2) is 0 Å². The van der Waals surface area contributed by atoms with Crippen LogP contribution in [0.1, 0.15) is 24.8 Å². The summed E-state index contributed by atoms with van der Waals surface area (Å²) < 4.78 is 7.26. The molecule has 1 saturated heterocycles. The Bertz CT molecular complexity index is 1000. The van der Waals surface area contributed by atoms with Crippen molar-refractivity contribution in [3.8, 4) is 0 Å². The third-order valence-electron chi connectivity index (χ3n) is 6.12. The molecule has 1 aliphatic heterocycles. The van der Waals surface area contributed by atoms with Crippen LogP contribution in [0.2, 0.25) is 0 Å². The molecule has 5 nitrogen and oxygen atoms in total. The van der Waals surface area contributed by atoms with Gasteiger partial charge in [0, 0.05) is 37.8 Å². The minimum absolute atomic E-state index is 0.134. The van der Waals surface area contributed by atoms with Crippen LogP contribution >= 0.6 is 0 Å². The fourth-order valence-electron chi connectivity index (χ4n) is 4.41. The molecular weight excluding hydrogens is 364 g/mol. The van der Waals surface area contributed by atoms with Crippen molar-refractivity contribution in [2.24, 2.45) is 0 Å². The second-order valence-electron chi connectivity index (χ2n) is 7.64. The van der Waals surface area contributed by atoms with Gasteiger partial charge in [-0.25, -0.2) is 0 Å². The zero-order chi connectivity index (χ0) is 20.3. The number of hydrogen-bond acceptors (Lipinski definition) is 3. The Labute approximate surface area is 170 Å². The van der Waals surface area contributed by atoms with Crippen LogP contribution in [0.5, 0.6) is 0 Å². The maximum absolute atomic E-state index is 12.8. The average Bonchev–Trinajstić information content (AvgIpc) is 3.20. The Kier molecular flexibility index (Phi) is 5.38. The van der Waals surface area contributed by atoms with E-state index in [2.05, 4.69) is 22.8 Å². The van der Waals surface area contributed by atoms with Crippen LogP contribution in [-0.4, -0.2) is 41.5 Å². The third-order valence-corrected chi connectivity index (χ3v) is 6.12. The van der Waals surface area contributed by atoms with Crippen LogP contribution < -0.4 is 0 Å². The van der Waals surface area contributed by atoms with Gasteiger partial charge in [-0.1, -0.05) is 48.5 Å². The average molecular weight is 390 g/mol. The van der Waals surface area contributed by atoms with E-state index in [9.17, 15) is 9.59 Å². The summed E-state index contributed by atoms with van der Waals surface area (Å²) in [7, 11) is 1.44. The molecule has 1 aromatic heterocycles. The van der Waals surface area contributed by atoms with Gasteiger partial charge >= 0.3 is 5.97 Å². The van der Waals surface area contributed by atoms with Crippen molar-refractivity contribution in [1.82, 2.24) is 9.47 Å². The molecule has 1 fully saturated rings. The lowest BCUT2D eigenvalue weighted by Gasteiger charge is -2.40. The molecule has 0 saturated carbocycles. The summed E-state index contributed by atoms with van der Waals surface area (Å²) in [6.45, 7) is 1.79. The zero-order valence-electron chi connectivity index (χ0n) is 16.7. The molecule has 0 bridgehead atoms. The van der Waals surface area contributed by atoms with E-state index in [0.29, 0.717) is 38.9 Å². The Morgan fingerprint density at radius 1 is 0.966 bits per heavy atom. The van der Waals surface area contributed by atoms with E-state index in [1.807, 2.05) is 53.6 Å². The normalized spacial score (nSPS) is 16.0. The quantitative estimate of drug-likeness (QED) is 0.623. The number of aromatic nitrogens is 1. The number of amides is 1. The molecule has 0 atom stereocenters. The molecule has 0 radical (unpaired) electrons. The number of hydrogen-bond donors (Lipinski definition) is 0. The number of piperidine rings is 1. The molecule has 150 valence electrons. The molecule has 3 aromatic rings. The molecule has 4 rings (SSSR count). The Morgan fingerprint density at radius 2 is 1.66 bits per heavy atom. The molecule has 1 aliphatic rings. The number of para-hydroxylation sites is 1. The first-order valence-electron chi connectivity index (χ1n) is 10.1. The first kappa shape index (κ1) is 19.2. The van der Waals surface area contributed by atoms with E-state index >= 15 is 0 Å². The number of carbonyl (C=O) groups is 2. The van der Waals surface area contributed by atoms with Crippen molar-refractivity contribution in [2.75, 3.05) is 20.2 Å². The largest absolute Gasteiger partial charge is 0.468 e. The maximum Gasteiger partial charge on any atom is 0.316 e. The molecule has 5 heteroatoms. The number of rotatable bonds is 5. The zero-order valence-corrected chi connectivity index (χ0v) is 16.7. The standard InChI is InChI=1S/C24H26N2O3/c1-29-23(28)24(20-8-3-2-4-9-20)13-17-26(18-14-24)22(27)12-16-25-15-11-19-7-5-6-10-21(19)25/h2-11,15H,12-14,16-18H2,1H3. The molecule has 0 unspecified atom stereocenters. The van der Waals surface area contributed by atoms with E-state index in [-0.39, 0.29) is 11.9 Å². The highest BCUT2D eigenvalue weighted by molar-refractivity contribution is 5.84. The van der Waals surface area contributed by atoms with Gasteiger partial charge in [-0.05, 0) is 35.9 Å². The monoisotopic (exact) mass is 390 g/mol. The molecular formula is C24H26N2O3. The lowest BCUT2D eigenvalue weighted by atomic mass is 9.72. The minimum Gasteiger partial charge on any atom is -0.468 e. The lowest BCUT2D eigenvalue weighted by Crippen LogP contribution is -2.49. The number of methoxy groups -OCH3 is 1. The highest BCUT2D eigenvalue weighted by Gasteiger charge is 2.44. The van der Waals surface area contributed by atoms with Gasteiger partial charge in [0.05, 0.1) is 12.5 Å². The van der Waals surface area contributed by atoms with E-state index in [1.165, 1.54) is 12.5 Å². The second-order valence-corrected chi connectivity index (χ2v) is 7.64. The lowest BCUT2D eigenvalue weighted by molar-refractivity contribution is -0.151. The second kappa shape index (κ2) is 8.11. The predicted octanol–water partition coefficient (Wildman–Crippen LogP) is 3.76. The number of benzene rings is 2. The van der Waals surface area contributed by atoms with Crippen molar-refractivity contribution in [1.29, 1.82) is 0 Å². The van der Waals surface area contributed by atoms with E-state index in [0.717, 1.165) is 11.1 Å². The SMILES string of the molecule is COC(=O)C1(c2ccccc2)CCN(C(=O)CCn2ccc3ccccc32)CC1. The van der Waals surface area contributed by atoms with Crippen LogP contribution in [0, 0.1) is 0 Å². The van der Waals surface area contributed by atoms with E-state index in [4.69, 9.17) is 4.74 Å². The van der Waals surface area contributed by atoms with Gasteiger partial charge in [-0.15, -0.1) is 0 Å². The Hall–Kier alpha value is -3.08. The summed E-state index contributed by atoms with van der Waals surface area (Å²) in [6, 6.07) is 20.0. The first-order chi connectivity index (χ1) is 14.1. The topological polar surface area (TPSA) is 51.5 Å². The van der Waals surface area contributed by atoms with Gasteiger partial charge in [-0.3, -0.25) is 9.59 Å². The molecule has 2 aromatic carbocycles. The van der Waals surface area contributed by atoms with E-state index < -0.39 is 5.41 Å². The van der Waals surface area contributed by atoms with Crippen molar-refractivity contribution in [2.45, 2.75) is 31.2 Å². The van der Waals surface area contributed by atoms with Crippen molar-refractivity contribution < 1.29 is 14.3 Å². The minimum atomic E-state index is -0.663. The van der Waals surface area contributed by atoms with Crippen LogP contribution in [0.4, 0.5) is 0 Å². The summed E-state index contributed by atoms with van der Waals surface area (Å²) in [4.78, 5) is 27.3. The van der Waals surface area contributed by atoms with Gasteiger partial charge in [-0.2, -0.15) is 0 Å². The van der Waals surface area contributed by atoms with Gasteiger partial charge in [0.2, 0.25) is 5.91 Å². The van der Waals surface area contributed by atoms with Crippen LogP contribution in [0.3, 0.4) is 0 Å². The summed E-state index contributed by atoms with van der Waals surface area (Å²) in [6.07, 6.45) is 3.66. The number of carbonyl (C=O) groups excluding carboxylic acids is 2. The Balaban J connectivity index is 1.41. The predicted molar refractivity (Wildman–Crippen MR) is 113 cm³/mol. The van der Waals surface area contributed by atoms with Crippen molar-refractivity contribution in [3.05, 3.63) is 72.4 Å². The Morgan fingerprint density at radius 3 is 2.38 bits per heavy atom. The number of esters is 1. The van der Waals surface area contributed by atoms with Gasteiger partial charge < -0.3 is 14.2 Å². The van der Waals surface area contributed by atoms with Crippen LogP contribution in [0.25, 0.3) is 10.9 Å². The molecule has 0 aliphatic carbocycles. The fraction of sp³-hybridized carbons (Fsp3) is 0.333. The molecule has 2 heterocycles. The molecule has 29 heavy (non-hydrogen) atoms.